The van der Waals surface area contributed by atoms with Crippen LogP contribution in [0.1, 0.15) is 47.4 Å². The van der Waals surface area contributed by atoms with Crippen LogP contribution in [0, 0.1) is 11.4 Å². The van der Waals surface area contributed by atoms with Crippen molar-refractivity contribution in [3.8, 4) is 0 Å². The molecule has 0 aliphatic carbocycles. The van der Waals surface area contributed by atoms with Crippen LogP contribution >= 0.6 is 0 Å². The Morgan fingerprint density at radius 1 is 1.35 bits per heavy atom. The molecule has 8 N–H and O–H groups in total. The van der Waals surface area contributed by atoms with Gasteiger partial charge in [0.1, 0.15) is 0 Å². The van der Waals surface area contributed by atoms with Gasteiger partial charge in [0.25, 0.3) is 0 Å². The molecule has 0 spiro atoms. The van der Waals surface area contributed by atoms with Crippen LogP contribution in [0.25, 0.3) is 5.70 Å². The molecule has 2 unspecified atom stereocenters. The number of nitrogens with zero attached hydrogens (tertiary/aromatic N) is 2. The Bertz CT molecular complexity index is 986. The van der Waals surface area contributed by atoms with Crippen molar-refractivity contribution in [1.29, 1.82) is 5.41 Å². The number of nitrogens with two attached hydrogens (primary N) is 3. The first kappa shape index (κ1) is 22.6. The van der Waals surface area contributed by atoms with Gasteiger partial charge in [0.05, 0.1) is 17.9 Å². The summed E-state index contributed by atoms with van der Waals surface area (Å²) < 4.78 is 14.6. The van der Waals surface area contributed by atoms with E-state index in [0.29, 0.717) is 11.4 Å². The van der Waals surface area contributed by atoms with Gasteiger partial charge in [0, 0.05) is 29.2 Å². The molecule has 2 atom stereocenters. The average Bonchev–Trinajstić information content (AvgIpc) is 3.17. The van der Waals surface area contributed by atoms with Gasteiger partial charge >= 0.3 is 0 Å². The van der Waals surface area contributed by atoms with E-state index in [1.165, 1.54) is 6.08 Å². The maximum Gasteiger partial charge on any atom is 0.219 e. The van der Waals surface area contributed by atoms with E-state index < -0.39 is 18.2 Å². The second-order valence-electron chi connectivity index (χ2n) is 7.80. The van der Waals surface area contributed by atoms with E-state index in [1.807, 2.05) is 24.3 Å². The van der Waals surface area contributed by atoms with Gasteiger partial charge in [0.15, 0.2) is 0 Å². The van der Waals surface area contributed by atoms with Crippen LogP contribution in [0.2, 0.25) is 0 Å². The van der Waals surface area contributed by atoms with Crippen LogP contribution < -0.4 is 22.5 Å². The Morgan fingerprint density at radius 3 is 2.74 bits per heavy atom. The monoisotopic (exact) mass is 423 g/mol. The first-order valence-corrected chi connectivity index (χ1v) is 10.2. The number of pyridine rings is 1. The number of hydrogen-bond acceptors (Lipinski definition) is 7. The number of aromatic nitrogens is 1. The third kappa shape index (κ3) is 5.16. The second-order valence-corrected chi connectivity index (χ2v) is 7.80. The summed E-state index contributed by atoms with van der Waals surface area (Å²) in [6.45, 7) is 5.26. The maximum absolute atomic E-state index is 14.6. The van der Waals surface area contributed by atoms with Gasteiger partial charge in [-0.1, -0.05) is 24.8 Å². The lowest BCUT2D eigenvalue weighted by atomic mass is 9.98. The number of likely N-dealkylation sites (tertiary alicyclic amines) is 1. The van der Waals surface area contributed by atoms with Crippen LogP contribution in [0.3, 0.4) is 0 Å². The standard InChI is InChI=1S/C23H30FN7/c1-14(20-7-4-12-31(20)2)29-21(19-9-8-17(23(27)28)22(24)30-19)16-6-3-5-15(13-16)18(26)10-11-25/h3,5-6,8-11,13,20-21,23,25,29H,1,4,7,12,26-28H2,2H3/b18-10-,25-11?. The zero-order valence-corrected chi connectivity index (χ0v) is 17.7. The first-order chi connectivity index (χ1) is 14.8. The third-order valence-electron chi connectivity index (χ3n) is 5.62. The highest BCUT2D eigenvalue weighted by atomic mass is 19.1. The van der Waals surface area contributed by atoms with Crippen molar-refractivity contribution in [3.05, 3.63) is 83.1 Å². The number of nitrogens with one attached hydrogen (secondary N) is 2. The van der Waals surface area contributed by atoms with Crippen LogP contribution in [0.4, 0.5) is 4.39 Å². The fraction of sp³-hybridized carbons (Fsp3) is 0.304. The van der Waals surface area contributed by atoms with E-state index >= 15 is 0 Å². The lowest BCUT2D eigenvalue weighted by Gasteiger charge is -2.28. The van der Waals surface area contributed by atoms with E-state index in [2.05, 4.69) is 28.8 Å². The van der Waals surface area contributed by atoms with E-state index in [4.69, 9.17) is 22.6 Å². The minimum absolute atomic E-state index is 0.156. The van der Waals surface area contributed by atoms with Crippen LogP contribution in [0.5, 0.6) is 0 Å². The molecule has 8 heteroatoms. The SMILES string of the molecule is C=C(NC(c1cccc(/C(N)=C/C=N)c1)c1ccc(C(N)N)c(F)n1)C1CCCN1C. The summed E-state index contributed by atoms with van der Waals surface area (Å²) in [6.07, 6.45) is 3.82. The Morgan fingerprint density at radius 2 is 2.13 bits per heavy atom. The molecule has 1 aromatic heterocycles. The number of hydrogen-bond donors (Lipinski definition) is 5. The normalized spacial score (nSPS) is 18.2. The summed E-state index contributed by atoms with van der Waals surface area (Å²) in [4.78, 5) is 6.40. The molecule has 0 bridgehead atoms. The molecule has 2 aromatic rings. The van der Waals surface area contributed by atoms with Gasteiger partial charge in [0.2, 0.25) is 5.95 Å². The van der Waals surface area contributed by atoms with Crippen molar-refractivity contribution in [2.24, 2.45) is 17.2 Å². The highest BCUT2D eigenvalue weighted by Gasteiger charge is 2.27. The summed E-state index contributed by atoms with van der Waals surface area (Å²) in [5.41, 5.74) is 20.9. The summed E-state index contributed by atoms with van der Waals surface area (Å²) in [7, 11) is 2.07. The molecular formula is C23H30FN7. The van der Waals surface area contributed by atoms with Gasteiger partial charge in [-0.3, -0.25) is 4.90 Å². The van der Waals surface area contributed by atoms with Gasteiger partial charge in [-0.05, 0) is 61.8 Å². The minimum Gasteiger partial charge on any atom is -0.398 e. The highest BCUT2D eigenvalue weighted by Crippen LogP contribution is 2.28. The highest BCUT2D eigenvalue weighted by molar-refractivity contribution is 5.81. The Hall–Kier alpha value is -3.07. The zero-order chi connectivity index (χ0) is 22.5. The van der Waals surface area contributed by atoms with E-state index in [-0.39, 0.29) is 11.6 Å². The van der Waals surface area contributed by atoms with Gasteiger partial charge in [-0.25, -0.2) is 4.98 Å². The number of allylic oxidation sites excluding steroid dienone is 1. The fourth-order valence-corrected chi connectivity index (χ4v) is 3.91. The summed E-state index contributed by atoms with van der Waals surface area (Å²) >= 11 is 0. The summed E-state index contributed by atoms with van der Waals surface area (Å²) in [5.74, 6) is -0.692. The van der Waals surface area contributed by atoms with Crippen molar-refractivity contribution < 1.29 is 4.39 Å². The largest absolute Gasteiger partial charge is 0.398 e. The first-order valence-electron chi connectivity index (χ1n) is 10.2. The fourth-order valence-electron chi connectivity index (χ4n) is 3.91. The third-order valence-corrected chi connectivity index (χ3v) is 5.62. The lowest BCUT2D eigenvalue weighted by Crippen LogP contribution is -2.35. The Labute approximate surface area is 182 Å². The quantitative estimate of drug-likeness (QED) is 0.252. The smallest absolute Gasteiger partial charge is 0.219 e. The van der Waals surface area contributed by atoms with Crippen molar-refractivity contribution >= 4 is 11.9 Å². The predicted molar refractivity (Wildman–Crippen MR) is 122 cm³/mol. The van der Waals surface area contributed by atoms with Crippen molar-refractivity contribution in [1.82, 2.24) is 15.2 Å². The van der Waals surface area contributed by atoms with E-state index in [0.717, 1.165) is 42.4 Å². The van der Waals surface area contributed by atoms with Crippen molar-refractivity contribution in [3.63, 3.8) is 0 Å². The van der Waals surface area contributed by atoms with E-state index in [1.54, 1.807) is 12.1 Å². The van der Waals surface area contributed by atoms with Crippen molar-refractivity contribution in [2.75, 3.05) is 13.6 Å². The van der Waals surface area contributed by atoms with Crippen molar-refractivity contribution in [2.45, 2.75) is 31.1 Å². The molecule has 1 saturated heterocycles. The predicted octanol–water partition coefficient (Wildman–Crippen LogP) is 2.37. The minimum atomic E-state index is -0.940. The van der Waals surface area contributed by atoms with Crippen LogP contribution in [-0.4, -0.2) is 35.7 Å². The average molecular weight is 424 g/mol. The molecule has 31 heavy (non-hydrogen) atoms. The molecule has 1 aliphatic heterocycles. The molecule has 1 aromatic carbocycles. The number of likely N-dealkylation sites (N-methyl/N-ethyl adjacent to an activating group) is 1. The molecule has 2 heterocycles. The number of rotatable bonds is 8. The molecular weight excluding hydrogens is 393 g/mol. The van der Waals surface area contributed by atoms with E-state index in [9.17, 15) is 4.39 Å². The summed E-state index contributed by atoms with van der Waals surface area (Å²) in [5, 5.41) is 10.7. The maximum atomic E-state index is 14.6. The second kappa shape index (κ2) is 9.82. The summed E-state index contributed by atoms with van der Waals surface area (Å²) in [6, 6.07) is 10.6. The topological polar surface area (TPSA) is 130 Å². The zero-order valence-electron chi connectivity index (χ0n) is 17.7. The molecule has 7 nitrogen and oxygen atoms in total. The van der Waals surface area contributed by atoms with Gasteiger partial charge < -0.3 is 27.9 Å². The van der Waals surface area contributed by atoms with Crippen LogP contribution in [0.15, 0.2) is 54.8 Å². The Balaban J connectivity index is 2.01. The molecule has 0 radical (unpaired) electrons. The lowest BCUT2D eigenvalue weighted by molar-refractivity contribution is 0.330. The number of halogens is 1. The molecule has 3 rings (SSSR count). The molecule has 1 aliphatic rings. The molecule has 0 amide bonds. The molecule has 164 valence electrons. The van der Waals surface area contributed by atoms with Crippen LogP contribution in [-0.2, 0) is 0 Å². The molecule has 1 fully saturated rings. The van der Waals surface area contributed by atoms with Gasteiger partial charge in [-0.2, -0.15) is 4.39 Å². The molecule has 0 saturated carbocycles. The Kier molecular flexibility index (Phi) is 7.17. The number of benzene rings is 1. The van der Waals surface area contributed by atoms with Gasteiger partial charge in [-0.15, -0.1) is 0 Å².